The highest BCUT2D eigenvalue weighted by Crippen LogP contribution is 2.30. The van der Waals surface area contributed by atoms with Crippen molar-refractivity contribution in [2.45, 2.75) is 30.6 Å². The van der Waals surface area contributed by atoms with Crippen LogP contribution in [-0.4, -0.2) is 94.7 Å². The Morgan fingerprint density at radius 3 is 1.96 bits per heavy atom. The SMILES string of the molecule is CC(C)(C)C1=Nn2nc(-c3ccc(NC(=O)c4cc(S(=O)(=O)O)cc(S(=O)(=O)O)c4)cc3)nc2/C1=N\c1ccc(N(CCO)CCO)cc1. The number of nitrogens with zero attached hydrogens (tertiary/aromatic N) is 6. The molecule has 18 heteroatoms. The maximum Gasteiger partial charge on any atom is 0.294 e. The van der Waals surface area contributed by atoms with Crippen molar-refractivity contribution >= 4 is 54.6 Å². The van der Waals surface area contributed by atoms with Crippen molar-refractivity contribution in [3.05, 3.63) is 78.1 Å². The summed E-state index contributed by atoms with van der Waals surface area (Å²) in [5, 5.41) is 30.4. The second-order valence-corrected chi connectivity index (χ2v) is 14.8. The standard InChI is InChI=1S/C31H33N7O9S2/c1-31(2,3)27-26(32-21-8-10-23(11-9-21)37(12-14-39)13-15-40)29-34-28(36-38(29)35-27)19-4-6-22(7-5-19)33-30(41)20-16-24(48(42,43)44)18-25(17-20)49(45,46)47/h4-11,16-18,39-40H,12-15H2,1-3H3,(H,33,41)(H,42,43,44)(H,45,46,47)/b32-26-. The summed E-state index contributed by atoms with van der Waals surface area (Å²) in [5.41, 5.74) is 2.63. The van der Waals surface area contributed by atoms with Crippen LogP contribution in [0.1, 0.15) is 37.0 Å². The molecule has 16 nitrogen and oxygen atoms in total. The third-order valence-electron chi connectivity index (χ3n) is 7.27. The molecule has 0 unspecified atom stereocenters. The summed E-state index contributed by atoms with van der Waals surface area (Å²) >= 11 is 0. The molecular weight excluding hydrogens is 679 g/mol. The van der Waals surface area contributed by atoms with E-state index in [9.17, 15) is 40.9 Å². The highest BCUT2D eigenvalue weighted by atomic mass is 32.2. The van der Waals surface area contributed by atoms with Crippen LogP contribution in [0.4, 0.5) is 17.1 Å². The van der Waals surface area contributed by atoms with E-state index in [1.165, 1.54) is 16.9 Å². The van der Waals surface area contributed by atoms with Gasteiger partial charge in [-0.05, 0) is 66.7 Å². The number of anilines is 2. The van der Waals surface area contributed by atoms with E-state index in [0.29, 0.717) is 53.5 Å². The molecule has 4 aromatic rings. The third kappa shape index (κ3) is 8.07. The Kier molecular flexibility index (Phi) is 9.82. The number of aromatic nitrogens is 3. The highest BCUT2D eigenvalue weighted by molar-refractivity contribution is 7.86. The molecule has 0 saturated carbocycles. The molecule has 5 N–H and O–H groups in total. The van der Waals surface area contributed by atoms with Gasteiger partial charge in [0.15, 0.2) is 5.82 Å². The Bertz CT molecular complexity index is 2120. The van der Waals surface area contributed by atoms with E-state index in [2.05, 4.69) is 15.5 Å². The summed E-state index contributed by atoms with van der Waals surface area (Å²) in [5.74, 6) is -0.179. The molecule has 0 spiro atoms. The van der Waals surface area contributed by atoms with Gasteiger partial charge in [-0.2, -0.15) is 21.9 Å². The topological polar surface area (TPSA) is 237 Å². The molecule has 258 valence electrons. The Morgan fingerprint density at radius 2 is 1.45 bits per heavy atom. The number of amides is 1. The molecule has 0 radical (unpaired) electrons. The van der Waals surface area contributed by atoms with Gasteiger partial charge in [0, 0.05) is 41.0 Å². The quantitative estimate of drug-likeness (QED) is 0.141. The van der Waals surface area contributed by atoms with Gasteiger partial charge in [0.05, 0.1) is 34.4 Å². The van der Waals surface area contributed by atoms with Gasteiger partial charge >= 0.3 is 0 Å². The molecule has 3 aromatic carbocycles. The van der Waals surface area contributed by atoms with Crippen LogP contribution in [0.3, 0.4) is 0 Å². The highest BCUT2D eigenvalue weighted by Gasteiger charge is 2.35. The Morgan fingerprint density at radius 1 is 0.878 bits per heavy atom. The van der Waals surface area contributed by atoms with E-state index in [4.69, 9.17) is 9.98 Å². The van der Waals surface area contributed by atoms with Crippen LogP contribution in [0.15, 0.2) is 86.6 Å². The fraction of sp³-hybridized carbons (Fsp3) is 0.258. The van der Waals surface area contributed by atoms with E-state index < -0.39 is 46.9 Å². The lowest BCUT2D eigenvalue weighted by atomic mass is 9.87. The zero-order chi connectivity index (χ0) is 35.7. The number of aliphatic hydroxyl groups is 2. The number of aliphatic hydroxyl groups excluding tert-OH is 2. The molecule has 1 aliphatic rings. The molecule has 2 heterocycles. The van der Waals surface area contributed by atoms with Crippen LogP contribution < -0.4 is 10.2 Å². The number of carbonyl (C=O) groups is 1. The minimum atomic E-state index is -4.90. The number of rotatable bonds is 11. The number of aliphatic imine (C=N–C) groups is 1. The Balaban J connectivity index is 1.40. The van der Waals surface area contributed by atoms with Gasteiger partial charge in [-0.15, -0.1) is 9.89 Å². The maximum atomic E-state index is 12.9. The van der Waals surface area contributed by atoms with Gasteiger partial charge in [-0.1, -0.05) is 20.8 Å². The molecule has 1 aromatic heterocycles. The van der Waals surface area contributed by atoms with E-state index in [1.54, 1.807) is 12.1 Å². The second-order valence-electron chi connectivity index (χ2n) is 11.9. The predicted molar refractivity (Wildman–Crippen MR) is 181 cm³/mol. The largest absolute Gasteiger partial charge is 0.395 e. The number of fused-ring (bicyclic) bond motifs is 1. The first-order valence-electron chi connectivity index (χ1n) is 14.7. The van der Waals surface area contributed by atoms with Gasteiger partial charge in [0.2, 0.25) is 5.82 Å². The molecule has 1 aliphatic heterocycles. The summed E-state index contributed by atoms with van der Waals surface area (Å²) in [6.45, 7) is 6.62. The molecule has 1 amide bonds. The van der Waals surface area contributed by atoms with Crippen LogP contribution in [-0.2, 0) is 20.2 Å². The number of carbonyl (C=O) groups excluding carboxylic acids is 1. The number of nitrogens with one attached hydrogen (secondary N) is 1. The Hall–Kier alpha value is -4.85. The van der Waals surface area contributed by atoms with Crippen molar-refractivity contribution in [3.63, 3.8) is 0 Å². The molecule has 5 rings (SSSR count). The first kappa shape index (κ1) is 35.5. The van der Waals surface area contributed by atoms with Crippen molar-refractivity contribution in [2.75, 3.05) is 36.5 Å². The first-order chi connectivity index (χ1) is 23.0. The van der Waals surface area contributed by atoms with Gasteiger partial charge in [0.1, 0.15) is 5.71 Å². The summed E-state index contributed by atoms with van der Waals surface area (Å²) in [7, 11) is -9.80. The lowest BCUT2D eigenvalue weighted by Crippen LogP contribution is -2.29. The van der Waals surface area contributed by atoms with Crippen molar-refractivity contribution in [2.24, 2.45) is 15.5 Å². The van der Waals surface area contributed by atoms with Crippen LogP contribution in [0.2, 0.25) is 0 Å². The number of hydrogen-bond donors (Lipinski definition) is 5. The molecule has 0 fully saturated rings. The molecule has 0 aliphatic carbocycles. The summed E-state index contributed by atoms with van der Waals surface area (Å²) in [6, 6.07) is 15.7. The molecule has 49 heavy (non-hydrogen) atoms. The van der Waals surface area contributed by atoms with E-state index in [1.807, 2.05) is 49.9 Å². The second kappa shape index (κ2) is 13.6. The third-order valence-corrected chi connectivity index (χ3v) is 8.93. The van der Waals surface area contributed by atoms with Crippen LogP contribution in [0.25, 0.3) is 11.4 Å². The van der Waals surface area contributed by atoms with Crippen molar-refractivity contribution in [1.29, 1.82) is 0 Å². The average molecular weight is 712 g/mol. The fourth-order valence-corrected chi connectivity index (χ4v) is 6.06. The van der Waals surface area contributed by atoms with Crippen molar-refractivity contribution < 1.29 is 40.9 Å². The van der Waals surface area contributed by atoms with E-state index in [-0.39, 0.29) is 18.9 Å². The van der Waals surface area contributed by atoms with Crippen molar-refractivity contribution in [3.8, 4) is 11.4 Å². The van der Waals surface area contributed by atoms with Crippen LogP contribution >= 0.6 is 0 Å². The summed E-state index contributed by atoms with van der Waals surface area (Å²) < 4.78 is 65.3. The van der Waals surface area contributed by atoms with Gasteiger partial charge in [-0.3, -0.25) is 13.9 Å². The minimum absolute atomic E-state index is 0.0562. The van der Waals surface area contributed by atoms with Crippen molar-refractivity contribution in [1.82, 2.24) is 14.9 Å². The summed E-state index contributed by atoms with van der Waals surface area (Å²) in [4.78, 5) is 23.9. The maximum absolute atomic E-state index is 12.9. The predicted octanol–water partition coefficient (Wildman–Crippen LogP) is 2.87. The van der Waals surface area contributed by atoms with Gasteiger partial charge in [0.25, 0.3) is 26.1 Å². The first-order valence-corrected chi connectivity index (χ1v) is 17.6. The minimum Gasteiger partial charge on any atom is -0.395 e. The smallest absolute Gasteiger partial charge is 0.294 e. The fourth-order valence-electron chi connectivity index (χ4n) is 4.89. The molecule has 0 saturated heterocycles. The summed E-state index contributed by atoms with van der Waals surface area (Å²) in [6.07, 6.45) is 0. The monoisotopic (exact) mass is 711 g/mol. The van der Waals surface area contributed by atoms with Crippen LogP contribution in [0, 0.1) is 5.41 Å². The number of hydrogen-bond acceptors (Lipinski definition) is 12. The number of benzene rings is 3. The van der Waals surface area contributed by atoms with E-state index in [0.717, 1.165) is 17.8 Å². The zero-order valence-corrected chi connectivity index (χ0v) is 28.1. The normalized spacial score (nSPS) is 14.1. The average Bonchev–Trinajstić information content (AvgIpc) is 3.60. The van der Waals surface area contributed by atoms with Gasteiger partial charge < -0.3 is 20.4 Å². The Labute approximate surface area is 282 Å². The molecule has 0 atom stereocenters. The lowest BCUT2D eigenvalue weighted by Gasteiger charge is -2.23. The van der Waals surface area contributed by atoms with E-state index >= 15 is 0 Å². The molecule has 0 bridgehead atoms. The van der Waals surface area contributed by atoms with Gasteiger partial charge in [-0.25, -0.2) is 9.98 Å². The molecular formula is C31H33N7O9S2. The zero-order valence-electron chi connectivity index (χ0n) is 26.5. The van der Waals surface area contributed by atoms with Crippen LogP contribution in [0.5, 0.6) is 0 Å². The lowest BCUT2D eigenvalue weighted by molar-refractivity contribution is 0.102.